The molecule has 2 aromatic rings. The lowest BCUT2D eigenvalue weighted by molar-refractivity contribution is 0.0916. The highest BCUT2D eigenvalue weighted by molar-refractivity contribution is 7.90. The zero-order chi connectivity index (χ0) is 17.9. The van der Waals surface area contributed by atoms with E-state index < -0.39 is 33.5 Å². The first-order valence-electron chi connectivity index (χ1n) is 6.90. The lowest BCUT2D eigenvalue weighted by atomic mass is 10.1. The lowest BCUT2D eigenvalue weighted by Crippen LogP contribution is -2.28. The van der Waals surface area contributed by atoms with E-state index in [0.29, 0.717) is 0 Å². The van der Waals surface area contributed by atoms with E-state index in [-0.39, 0.29) is 22.6 Å². The molecule has 0 radical (unpaired) electrons. The highest BCUT2D eigenvalue weighted by Crippen LogP contribution is 2.16. The van der Waals surface area contributed by atoms with Crippen molar-refractivity contribution >= 4 is 15.7 Å². The van der Waals surface area contributed by atoms with Crippen molar-refractivity contribution < 1.29 is 27.1 Å². The molecule has 0 saturated heterocycles. The summed E-state index contributed by atoms with van der Waals surface area (Å²) >= 11 is 0. The van der Waals surface area contributed by atoms with Gasteiger partial charge in [0.15, 0.2) is 21.5 Å². The Morgan fingerprint density at radius 2 is 1.75 bits per heavy atom. The molecule has 2 aromatic carbocycles. The molecular formula is C16H15F2NO4S. The van der Waals surface area contributed by atoms with Crippen LogP contribution in [0.3, 0.4) is 0 Å². The summed E-state index contributed by atoms with van der Waals surface area (Å²) in [6, 6.07) is 8.25. The maximum atomic E-state index is 13.1. The van der Waals surface area contributed by atoms with E-state index in [4.69, 9.17) is 0 Å². The number of sulfone groups is 1. The second-order valence-corrected chi connectivity index (χ2v) is 7.21. The molecule has 0 aliphatic carbocycles. The largest absolute Gasteiger partial charge is 0.387 e. The van der Waals surface area contributed by atoms with Crippen molar-refractivity contribution in [3.8, 4) is 0 Å². The Bertz CT molecular complexity index is 851. The molecule has 24 heavy (non-hydrogen) atoms. The van der Waals surface area contributed by atoms with Gasteiger partial charge in [-0.25, -0.2) is 17.2 Å². The van der Waals surface area contributed by atoms with Gasteiger partial charge >= 0.3 is 0 Å². The van der Waals surface area contributed by atoms with E-state index in [2.05, 4.69) is 5.32 Å². The zero-order valence-electron chi connectivity index (χ0n) is 12.7. The molecule has 1 unspecified atom stereocenters. The number of hydrogen-bond donors (Lipinski definition) is 2. The van der Waals surface area contributed by atoms with Crippen molar-refractivity contribution in [3.63, 3.8) is 0 Å². The third kappa shape index (κ3) is 4.36. The first-order valence-corrected chi connectivity index (χ1v) is 8.79. The van der Waals surface area contributed by atoms with Crippen LogP contribution in [0.15, 0.2) is 47.4 Å². The van der Waals surface area contributed by atoms with Crippen LogP contribution >= 0.6 is 0 Å². The number of hydrogen-bond acceptors (Lipinski definition) is 4. The van der Waals surface area contributed by atoms with E-state index in [9.17, 15) is 27.1 Å². The van der Waals surface area contributed by atoms with E-state index in [0.717, 1.165) is 18.4 Å². The van der Waals surface area contributed by atoms with Gasteiger partial charge in [0, 0.05) is 18.4 Å². The van der Waals surface area contributed by atoms with Crippen LogP contribution in [-0.4, -0.2) is 32.2 Å². The molecule has 1 amide bonds. The minimum absolute atomic E-state index is 0.0841. The molecule has 0 bridgehead atoms. The number of halogens is 2. The normalized spacial score (nSPS) is 12.7. The number of aliphatic hydroxyl groups excluding tert-OH is 1. The van der Waals surface area contributed by atoms with E-state index in [1.54, 1.807) is 0 Å². The van der Waals surface area contributed by atoms with Gasteiger partial charge in [-0.15, -0.1) is 0 Å². The highest BCUT2D eigenvalue weighted by atomic mass is 32.2. The summed E-state index contributed by atoms with van der Waals surface area (Å²) in [5.74, 6) is -2.65. The zero-order valence-corrected chi connectivity index (χ0v) is 13.5. The summed E-state index contributed by atoms with van der Waals surface area (Å²) in [5.41, 5.74) is 0.335. The number of rotatable bonds is 5. The van der Waals surface area contributed by atoms with Crippen molar-refractivity contribution in [2.45, 2.75) is 11.0 Å². The summed E-state index contributed by atoms with van der Waals surface area (Å²) in [4.78, 5) is 12.0. The van der Waals surface area contributed by atoms with Gasteiger partial charge in [-0.3, -0.25) is 4.79 Å². The second kappa shape index (κ2) is 7.06. The molecule has 2 rings (SSSR count). The Morgan fingerprint density at radius 3 is 2.29 bits per heavy atom. The van der Waals surface area contributed by atoms with Crippen LogP contribution in [0.2, 0.25) is 0 Å². The average Bonchev–Trinajstić information content (AvgIpc) is 2.54. The van der Waals surface area contributed by atoms with Gasteiger partial charge in [-0.05, 0) is 42.0 Å². The predicted octanol–water partition coefficient (Wildman–Crippen LogP) is 1.83. The summed E-state index contributed by atoms with van der Waals surface area (Å²) in [7, 11) is -3.35. The van der Waals surface area contributed by atoms with Crippen LogP contribution in [0.4, 0.5) is 8.78 Å². The SMILES string of the molecule is CS(=O)(=O)c1ccc(C(=O)NCC(O)c2ccc(F)c(F)c2)cc1. The van der Waals surface area contributed by atoms with Crippen LogP contribution in [0.25, 0.3) is 0 Å². The standard InChI is InChI=1S/C16H15F2NO4S/c1-24(22,23)12-5-2-10(3-6-12)16(21)19-9-15(20)11-4-7-13(17)14(18)8-11/h2-8,15,20H,9H2,1H3,(H,19,21). The molecule has 0 aliphatic rings. The smallest absolute Gasteiger partial charge is 0.251 e. The number of carbonyl (C=O) groups excluding carboxylic acids is 1. The Kier molecular flexibility index (Phi) is 5.30. The summed E-state index contributed by atoms with van der Waals surface area (Å²) in [6.07, 6.45) is -0.153. The molecule has 0 spiro atoms. The van der Waals surface area contributed by atoms with Crippen LogP contribution in [0.1, 0.15) is 22.0 Å². The lowest BCUT2D eigenvalue weighted by Gasteiger charge is -2.12. The fraction of sp³-hybridized carbons (Fsp3) is 0.188. The second-order valence-electron chi connectivity index (χ2n) is 5.20. The topological polar surface area (TPSA) is 83.5 Å². The van der Waals surface area contributed by atoms with Crippen LogP contribution in [0.5, 0.6) is 0 Å². The van der Waals surface area contributed by atoms with Gasteiger partial charge in [0.05, 0.1) is 11.0 Å². The maximum absolute atomic E-state index is 13.1. The van der Waals surface area contributed by atoms with E-state index in [1.165, 1.54) is 30.3 Å². The minimum Gasteiger partial charge on any atom is -0.387 e. The quantitative estimate of drug-likeness (QED) is 0.857. The van der Waals surface area contributed by atoms with Crippen molar-refractivity contribution in [1.29, 1.82) is 0 Å². The molecule has 0 fully saturated rings. The molecule has 5 nitrogen and oxygen atoms in total. The first kappa shape index (κ1) is 18.0. The van der Waals surface area contributed by atoms with Crippen LogP contribution in [-0.2, 0) is 9.84 Å². The van der Waals surface area contributed by atoms with Gasteiger partial charge in [0.25, 0.3) is 5.91 Å². The fourth-order valence-electron chi connectivity index (χ4n) is 1.98. The van der Waals surface area contributed by atoms with Gasteiger partial charge in [-0.1, -0.05) is 6.07 Å². The molecule has 2 N–H and O–H groups in total. The molecule has 0 heterocycles. The van der Waals surface area contributed by atoms with Crippen molar-refractivity contribution in [2.75, 3.05) is 12.8 Å². The van der Waals surface area contributed by atoms with Crippen LogP contribution in [0, 0.1) is 11.6 Å². The summed E-state index contributed by atoms with van der Waals surface area (Å²) in [5, 5.41) is 12.3. The van der Waals surface area contributed by atoms with Gasteiger partial charge in [-0.2, -0.15) is 0 Å². The first-order chi connectivity index (χ1) is 11.2. The molecule has 0 aromatic heterocycles. The average molecular weight is 355 g/mol. The maximum Gasteiger partial charge on any atom is 0.251 e. The summed E-state index contributed by atoms with van der Waals surface area (Å²) in [6.45, 7) is -0.211. The summed E-state index contributed by atoms with van der Waals surface area (Å²) < 4.78 is 48.7. The van der Waals surface area contributed by atoms with E-state index >= 15 is 0 Å². The van der Waals surface area contributed by atoms with Crippen LogP contribution < -0.4 is 5.32 Å². The van der Waals surface area contributed by atoms with Gasteiger partial charge in [0.1, 0.15) is 0 Å². The third-order valence-electron chi connectivity index (χ3n) is 3.33. The Balaban J connectivity index is 2.00. The van der Waals surface area contributed by atoms with Gasteiger partial charge < -0.3 is 10.4 Å². The van der Waals surface area contributed by atoms with Gasteiger partial charge in [0.2, 0.25) is 0 Å². The van der Waals surface area contributed by atoms with Crippen molar-refractivity contribution in [2.24, 2.45) is 0 Å². The highest BCUT2D eigenvalue weighted by Gasteiger charge is 2.14. The van der Waals surface area contributed by atoms with Crippen molar-refractivity contribution in [3.05, 3.63) is 65.2 Å². The predicted molar refractivity (Wildman–Crippen MR) is 83.2 cm³/mol. The molecule has 1 atom stereocenters. The minimum atomic E-state index is -3.35. The van der Waals surface area contributed by atoms with E-state index in [1.807, 2.05) is 0 Å². The molecule has 8 heteroatoms. The molecule has 0 aliphatic heterocycles. The van der Waals surface area contributed by atoms with Crippen molar-refractivity contribution in [1.82, 2.24) is 5.32 Å². The Labute approximate surface area is 137 Å². The Hall–Kier alpha value is -2.32. The number of aliphatic hydroxyl groups is 1. The number of benzene rings is 2. The number of nitrogens with one attached hydrogen (secondary N) is 1. The Morgan fingerprint density at radius 1 is 1.12 bits per heavy atom. The molecule has 0 saturated carbocycles. The molecule has 128 valence electrons. The third-order valence-corrected chi connectivity index (χ3v) is 4.46. The molecular weight excluding hydrogens is 340 g/mol. The number of carbonyl (C=O) groups is 1. The monoisotopic (exact) mass is 355 g/mol. The number of amides is 1. The fourth-order valence-corrected chi connectivity index (χ4v) is 2.61.